The number of nitrogens with zero attached hydrogens (tertiary/aromatic N) is 1. The number of likely N-dealkylation sites (tertiary alicyclic amines) is 1. The van der Waals surface area contributed by atoms with Crippen molar-refractivity contribution in [2.24, 2.45) is 5.41 Å². The summed E-state index contributed by atoms with van der Waals surface area (Å²) in [5.41, 5.74) is 1.01. The number of nitrogens with one attached hydrogen (secondary N) is 1. The predicted octanol–water partition coefficient (Wildman–Crippen LogP) is 2.93. The number of hydrogen-bond donors (Lipinski definition) is 2. The fourth-order valence-electron chi connectivity index (χ4n) is 3.21. The molecule has 0 atom stereocenters. The standard InChI is InChI=1S/C17H21FN2O2/c1-2-17(11-21)6-8-20(9-7-17)16(22)15-10-12-13(18)4-3-5-14(12)19-15/h3-5,10,19,21H,2,6-9,11H2,1H3. The molecule has 0 bridgehead atoms. The van der Waals surface area contributed by atoms with Crippen molar-refractivity contribution in [1.29, 1.82) is 0 Å². The maximum atomic E-state index is 13.7. The van der Waals surface area contributed by atoms with Crippen LogP contribution in [0.3, 0.4) is 0 Å². The quantitative estimate of drug-likeness (QED) is 0.916. The molecule has 1 aliphatic heterocycles. The van der Waals surface area contributed by atoms with E-state index in [1.807, 2.05) is 0 Å². The molecule has 4 nitrogen and oxygen atoms in total. The van der Waals surface area contributed by atoms with Gasteiger partial charge in [0.15, 0.2) is 0 Å². The summed E-state index contributed by atoms with van der Waals surface area (Å²) in [7, 11) is 0. The first-order valence-electron chi connectivity index (χ1n) is 7.76. The van der Waals surface area contributed by atoms with Crippen LogP contribution in [0, 0.1) is 11.2 Å². The van der Waals surface area contributed by atoms with Gasteiger partial charge < -0.3 is 15.0 Å². The first kappa shape index (κ1) is 15.0. The molecule has 2 heterocycles. The monoisotopic (exact) mass is 304 g/mol. The van der Waals surface area contributed by atoms with E-state index in [1.54, 1.807) is 23.1 Å². The molecule has 3 rings (SSSR count). The van der Waals surface area contributed by atoms with Gasteiger partial charge in [-0.05, 0) is 42.9 Å². The average molecular weight is 304 g/mol. The third-order valence-electron chi connectivity index (χ3n) is 5.04. The molecule has 0 saturated carbocycles. The normalized spacial score (nSPS) is 17.9. The van der Waals surface area contributed by atoms with Gasteiger partial charge in [-0.15, -0.1) is 0 Å². The summed E-state index contributed by atoms with van der Waals surface area (Å²) >= 11 is 0. The molecule has 1 amide bonds. The van der Waals surface area contributed by atoms with E-state index in [0.717, 1.165) is 19.3 Å². The van der Waals surface area contributed by atoms with Crippen LogP contribution in [0.15, 0.2) is 24.3 Å². The van der Waals surface area contributed by atoms with Gasteiger partial charge >= 0.3 is 0 Å². The van der Waals surface area contributed by atoms with Crippen molar-refractivity contribution in [2.75, 3.05) is 19.7 Å². The molecule has 0 spiro atoms. The van der Waals surface area contributed by atoms with Gasteiger partial charge in [-0.25, -0.2) is 4.39 Å². The second-order valence-corrected chi connectivity index (χ2v) is 6.19. The molecule has 2 N–H and O–H groups in total. The van der Waals surface area contributed by atoms with Gasteiger partial charge in [-0.3, -0.25) is 4.79 Å². The maximum Gasteiger partial charge on any atom is 0.270 e. The molecule has 1 fully saturated rings. The van der Waals surface area contributed by atoms with Gasteiger partial charge in [0.05, 0.1) is 0 Å². The van der Waals surface area contributed by atoms with Gasteiger partial charge in [0.25, 0.3) is 5.91 Å². The fourth-order valence-corrected chi connectivity index (χ4v) is 3.21. The SMILES string of the molecule is CCC1(CO)CCN(C(=O)c2cc3c(F)cccc3[nH]2)CC1. The molecule has 1 aliphatic rings. The zero-order valence-electron chi connectivity index (χ0n) is 12.7. The minimum Gasteiger partial charge on any atom is -0.396 e. The van der Waals surface area contributed by atoms with Gasteiger partial charge in [0.2, 0.25) is 0 Å². The Morgan fingerprint density at radius 3 is 2.73 bits per heavy atom. The number of aromatic nitrogens is 1. The number of amides is 1. The Bertz CT molecular complexity index is 681. The maximum absolute atomic E-state index is 13.7. The molecule has 0 radical (unpaired) electrons. The van der Waals surface area contributed by atoms with Crippen molar-refractivity contribution in [3.63, 3.8) is 0 Å². The van der Waals surface area contributed by atoms with Crippen molar-refractivity contribution in [2.45, 2.75) is 26.2 Å². The second kappa shape index (κ2) is 5.72. The van der Waals surface area contributed by atoms with Crippen LogP contribution in [0.2, 0.25) is 0 Å². The van der Waals surface area contributed by atoms with E-state index in [9.17, 15) is 14.3 Å². The van der Waals surface area contributed by atoms with Crippen molar-refractivity contribution < 1.29 is 14.3 Å². The molecule has 0 aliphatic carbocycles. The zero-order valence-corrected chi connectivity index (χ0v) is 12.7. The highest BCUT2D eigenvalue weighted by Crippen LogP contribution is 2.34. The Morgan fingerprint density at radius 2 is 2.14 bits per heavy atom. The lowest BCUT2D eigenvalue weighted by Crippen LogP contribution is -2.44. The molecular formula is C17H21FN2O2. The minimum atomic E-state index is -0.322. The number of aliphatic hydroxyl groups is 1. The number of carbonyl (C=O) groups is 1. The van der Waals surface area contributed by atoms with Gasteiger partial charge in [-0.2, -0.15) is 0 Å². The van der Waals surface area contributed by atoms with E-state index in [2.05, 4.69) is 11.9 Å². The number of halogens is 1. The number of H-pyrrole nitrogens is 1. The molecule has 5 heteroatoms. The van der Waals surface area contributed by atoms with E-state index in [-0.39, 0.29) is 23.7 Å². The van der Waals surface area contributed by atoms with Crippen LogP contribution in [0.5, 0.6) is 0 Å². The van der Waals surface area contributed by atoms with Crippen molar-refractivity contribution in [3.05, 3.63) is 35.8 Å². The molecule has 118 valence electrons. The second-order valence-electron chi connectivity index (χ2n) is 6.19. The number of aromatic amines is 1. The van der Waals surface area contributed by atoms with E-state index < -0.39 is 0 Å². The summed E-state index contributed by atoms with van der Waals surface area (Å²) < 4.78 is 13.7. The molecule has 1 aromatic carbocycles. The van der Waals surface area contributed by atoms with Crippen LogP contribution in [0.1, 0.15) is 36.7 Å². The van der Waals surface area contributed by atoms with Crippen molar-refractivity contribution in [1.82, 2.24) is 9.88 Å². The smallest absolute Gasteiger partial charge is 0.270 e. The van der Waals surface area contributed by atoms with Gasteiger partial charge in [0.1, 0.15) is 11.5 Å². The van der Waals surface area contributed by atoms with Crippen LogP contribution in [-0.4, -0.2) is 40.6 Å². The number of carbonyl (C=O) groups excluding carboxylic acids is 1. The van der Waals surface area contributed by atoms with Crippen molar-refractivity contribution >= 4 is 16.8 Å². The summed E-state index contributed by atoms with van der Waals surface area (Å²) in [5.74, 6) is -0.421. The predicted molar refractivity (Wildman–Crippen MR) is 83.2 cm³/mol. The molecule has 1 aromatic heterocycles. The highest BCUT2D eigenvalue weighted by molar-refractivity contribution is 5.98. The fraction of sp³-hybridized carbons (Fsp3) is 0.471. The third kappa shape index (κ3) is 2.50. The lowest BCUT2D eigenvalue weighted by molar-refractivity contribution is 0.0335. The Labute approximate surface area is 128 Å². The lowest BCUT2D eigenvalue weighted by atomic mass is 9.77. The molecule has 2 aromatic rings. The summed E-state index contributed by atoms with van der Waals surface area (Å²) in [6.07, 6.45) is 2.53. The molecule has 22 heavy (non-hydrogen) atoms. The van der Waals surface area contributed by atoms with Gasteiger partial charge in [-0.1, -0.05) is 13.0 Å². The Balaban J connectivity index is 1.78. The highest BCUT2D eigenvalue weighted by Gasteiger charge is 2.34. The summed E-state index contributed by atoms with van der Waals surface area (Å²) in [5, 5.41) is 10.0. The molecular weight excluding hydrogens is 283 g/mol. The summed E-state index contributed by atoms with van der Waals surface area (Å²) in [6, 6.07) is 6.36. The minimum absolute atomic E-state index is 0.0522. The number of hydrogen-bond acceptors (Lipinski definition) is 2. The summed E-state index contributed by atoms with van der Waals surface area (Å²) in [4.78, 5) is 17.4. The van der Waals surface area contributed by atoms with Crippen LogP contribution >= 0.6 is 0 Å². The number of rotatable bonds is 3. The van der Waals surface area contributed by atoms with Crippen LogP contribution < -0.4 is 0 Å². The third-order valence-corrected chi connectivity index (χ3v) is 5.04. The highest BCUT2D eigenvalue weighted by atomic mass is 19.1. The number of aliphatic hydroxyl groups excluding tert-OH is 1. The largest absolute Gasteiger partial charge is 0.396 e. The zero-order chi connectivity index (χ0) is 15.7. The van der Waals surface area contributed by atoms with Crippen LogP contribution in [0.4, 0.5) is 4.39 Å². The van der Waals surface area contributed by atoms with Crippen LogP contribution in [-0.2, 0) is 0 Å². The molecule has 1 saturated heterocycles. The average Bonchev–Trinajstić information content (AvgIpc) is 3.00. The molecule has 0 unspecified atom stereocenters. The number of benzene rings is 1. The summed E-state index contributed by atoms with van der Waals surface area (Å²) in [6.45, 7) is 3.51. The van der Waals surface area contributed by atoms with E-state index in [4.69, 9.17) is 0 Å². The van der Waals surface area contributed by atoms with Gasteiger partial charge in [0, 0.05) is 30.6 Å². The van der Waals surface area contributed by atoms with E-state index >= 15 is 0 Å². The lowest BCUT2D eigenvalue weighted by Gasteiger charge is -2.40. The topological polar surface area (TPSA) is 56.3 Å². The van der Waals surface area contributed by atoms with Crippen molar-refractivity contribution in [3.8, 4) is 0 Å². The van der Waals surface area contributed by atoms with E-state index in [0.29, 0.717) is 29.7 Å². The Morgan fingerprint density at radius 1 is 1.41 bits per heavy atom. The Kier molecular flexibility index (Phi) is 3.91. The first-order valence-corrected chi connectivity index (χ1v) is 7.76. The Hall–Kier alpha value is -1.88. The van der Waals surface area contributed by atoms with E-state index in [1.165, 1.54) is 6.07 Å². The first-order chi connectivity index (χ1) is 10.6. The van der Waals surface area contributed by atoms with Crippen LogP contribution in [0.25, 0.3) is 10.9 Å². The number of fused-ring (bicyclic) bond motifs is 1. The number of piperidine rings is 1.